The van der Waals surface area contributed by atoms with E-state index in [0.29, 0.717) is 34.9 Å². The van der Waals surface area contributed by atoms with Crippen LogP contribution in [0.4, 0.5) is 5.69 Å². The predicted octanol–water partition coefficient (Wildman–Crippen LogP) is 4.78. The molecule has 1 aliphatic carbocycles. The summed E-state index contributed by atoms with van der Waals surface area (Å²) in [7, 11) is 0. The monoisotopic (exact) mass is 460 g/mol. The molecule has 1 aliphatic rings. The van der Waals surface area contributed by atoms with E-state index in [1.54, 1.807) is 30.7 Å². The molecule has 0 aliphatic heterocycles. The van der Waals surface area contributed by atoms with Gasteiger partial charge in [-0.1, -0.05) is 6.07 Å². The fraction of sp³-hybridized carbons (Fsp3) is 0.360. The number of hydrogen-bond donors (Lipinski definition) is 2. The normalized spacial score (nSPS) is 18.1. The van der Waals surface area contributed by atoms with Gasteiger partial charge in [-0.3, -0.25) is 19.6 Å². The van der Waals surface area contributed by atoms with Crippen molar-refractivity contribution in [2.24, 2.45) is 5.92 Å². The average Bonchev–Trinajstić information content (AvgIpc) is 3.62. The zero-order chi connectivity index (χ0) is 23.3. The van der Waals surface area contributed by atoms with Gasteiger partial charge < -0.3 is 14.5 Å². The molecule has 0 aromatic carbocycles. The maximum atomic E-state index is 13.0. The van der Waals surface area contributed by atoms with E-state index in [1.165, 1.54) is 0 Å². The summed E-state index contributed by atoms with van der Waals surface area (Å²) < 4.78 is 13.4. The number of ether oxygens (including phenoxy) is 1. The number of rotatable bonds is 8. The molecule has 9 nitrogen and oxygen atoms in total. The van der Waals surface area contributed by atoms with Crippen LogP contribution in [0.25, 0.3) is 22.7 Å². The fourth-order valence-corrected chi connectivity index (χ4v) is 4.46. The number of anilines is 1. The minimum Gasteiger partial charge on any atom is -0.451 e. The third-order valence-corrected chi connectivity index (χ3v) is 6.17. The average molecular weight is 461 g/mol. The molecule has 1 amide bonds. The van der Waals surface area contributed by atoms with Crippen molar-refractivity contribution in [3.63, 3.8) is 0 Å². The number of aromatic amines is 1. The first-order valence-electron chi connectivity index (χ1n) is 11.7. The Morgan fingerprint density at radius 3 is 2.85 bits per heavy atom. The Morgan fingerprint density at radius 2 is 2.12 bits per heavy atom. The van der Waals surface area contributed by atoms with E-state index in [-0.39, 0.29) is 11.7 Å². The van der Waals surface area contributed by atoms with E-state index in [1.807, 2.05) is 36.0 Å². The van der Waals surface area contributed by atoms with Crippen molar-refractivity contribution in [3.8, 4) is 22.7 Å². The molecular weight excluding hydrogens is 432 g/mol. The molecule has 0 atom stereocenters. The highest BCUT2D eigenvalue weighted by Crippen LogP contribution is 2.30. The first-order valence-corrected chi connectivity index (χ1v) is 11.7. The lowest BCUT2D eigenvalue weighted by Gasteiger charge is -2.28. The van der Waals surface area contributed by atoms with Crippen LogP contribution < -0.4 is 5.32 Å². The van der Waals surface area contributed by atoms with Crippen molar-refractivity contribution >= 4 is 11.6 Å². The molecule has 2 N–H and O–H groups in total. The molecule has 176 valence electrons. The van der Waals surface area contributed by atoms with Crippen LogP contribution in [0.5, 0.6) is 0 Å². The first-order chi connectivity index (χ1) is 16.7. The summed E-state index contributed by atoms with van der Waals surface area (Å²) in [5, 5.41) is 14.4. The van der Waals surface area contributed by atoms with Crippen molar-refractivity contribution in [1.29, 1.82) is 0 Å². The van der Waals surface area contributed by atoms with Crippen molar-refractivity contribution < 1.29 is 13.9 Å². The topological polar surface area (TPSA) is 111 Å². The molecule has 9 heteroatoms. The molecule has 0 unspecified atom stereocenters. The maximum absolute atomic E-state index is 13.0. The third-order valence-electron chi connectivity index (χ3n) is 6.17. The SMILES string of the molecule is CCOC1CCC(Cn2cc(NC(=O)c3ccc(-c4cn[nH]c4)o3)c(-c3ccccn3)n2)CC1. The van der Waals surface area contributed by atoms with E-state index in [4.69, 9.17) is 14.3 Å². The van der Waals surface area contributed by atoms with Crippen LogP contribution in [-0.4, -0.2) is 43.6 Å². The van der Waals surface area contributed by atoms with Crippen molar-refractivity contribution in [3.05, 3.63) is 60.9 Å². The van der Waals surface area contributed by atoms with Gasteiger partial charge in [0.05, 0.1) is 29.2 Å². The van der Waals surface area contributed by atoms with Gasteiger partial charge in [-0.05, 0) is 62.8 Å². The van der Waals surface area contributed by atoms with Crippen LogP contribution in [0.3, 0.4) is 0 Å². The van der Waals surface area contributed by atoms with Gasteiger partial charge in [-0.15, -0.1) is 0 Å². The van der Waals surface area contributed by atoms with Crippen LogP contribution in [0.15, 0.2) is 59.5 Å². The highest BCUT2D eigenvalue weighted by Gasteiger charge is 2.24. The van der Waals surface area contributed by atoms with Crippen LogP contribution >= 0.6 is 0 Å². The molecule has 1 saturated carbocycles. The Kier molecular flexibility index (Phi) is 6.53. The van der Waals surface area contributed by atoms with Crippen LogP contribution in [0, 0.1) is 5.92 Å². The summed E-state index contributed by atoms with van der Waals surface area (Å²) in [6, 6.07) is 9.06. The lowest BCUT2D eigenvalue weighted by Crippen LogP contribution is -2.24. The largest absolute Gasteiger partial charge is 0.451 e. The second-order valence-electron chi connectivity index (χ2n) is 8.53. The highest BCUT2D eigenvalue weighted by molar-refractivity contribution is 6.04. The number of furan rings is 1. The van der Waals surface area contributed by atoms with Crippen LogP contribution in [0.1, 0.15) is 43.2 Å². The molecule has 0 radical (unpaired) electrons. The van der Waals surface area contributed by atoms with Gasteiger partial charge in [0.25, 0.3) is 5.91 Å². The Balaban J connectivity index is 1.33. The van der Waals surface area contributed by atoms with Gasteiger partial charge in [0, 0.05) is 31.7 Å². The standard InChI is InChI=1S/C25H28N6O3/c1-2-33-19-8-6-17(7-9-19)15-31-16-21(24(30-31)20-5-3-4-12-26-20)29-25(32)23-11-10-22(34-23)18-13-27-28-14-18/h3-5,10-14,16-17,19H,2,6-9,15H2,1H3,(H,27,28)(H,29,32). The number of aromatic nitrogens is 5. The van der Waals surface area contributed by atoms with Gasteiger partial charge in [-0.25, -0.2) is 0 Å². The maximum Gasteiger partial charge on any atom is 0.291 e. The van der Waals surface area contributed by atoms with Gasteiger partial charge in [0.1, 0.15) is 11.5 Å². The minimum absolute atomic E-state index is 0.213. The molecule has 5 rings (SSSR count). The lowest BCUT2D eigenvalue weighted by molar-refractivity contribution is 0.0234. The zero-order valence-corrected chi connectivity index (χ0v) is 19.1. The predicted molar refractivity (Wildman–Crippen MR) is 127 cm³/mol. The quantitative estimate of drug-likeness (QED) is 0.392. The van der Waals surface area contributed by atoms with Gasteiger partial charge in [0.2, 0.25) is 0 Å². The molecule has 4 aromatic rings. The molecule has 0 saturated heterocycles. The molecule has 34 heavy (non-hydrogen) atoms. The van der Waals surface area contributed by atoms with Crippen molar-refractivity contribution in [2.45, 2.75) is 45.3 Å². The van der Waals surface area contributed by atoms with E-state index in [9.17, 15) is 4.79 Å². The zero-order valence-electron chi connectivity index (χ0n) is 19.1. The van der Waals surface area contributed by atoms with Crippen LogP contribution in [-0.2, 0) is 11.3 Å². The van der Waals surface area contributed by atoms with E-state index in [2.05, 4.69) is 20.5 Å². The summed E-state index contributed by atoms with van der Waals surface area (Å²) >= 11 is 0. The van der Waals surface area contributed by atoms with E-state index >= 15 is 0 Å². The number of amides is 1. The van der Waals surface area contributed by atoms with Crippen LogP contribution in [0.2, 0.25) is 0 Å². The summed E-state index contributed by atoms with van der Waals surface area (Å²) in [5.41, 5.74) is 2.72. The van der Waals surface area contributed by atoms with Gasteiger partial charge in [0.15, 0.2) is 5.76 Å². The minimum atomic E-state index is -0.344. The van der Waals surface area contributed by atoms with Gasteiger partial charge in [-0.2, -0.15) is 10.2 Å². The first kappa shape index (κ1) is 22.1. The molecule has 0 bridgehead atoms. The number of H-pyrrole nitrogens is 1. The Bertz CT molecular complexity index is 1210. The Labute approximate surface area is 197 Å². The second kappa shape index (κ2) is 10.0. The summed E-state index contributed by atoms with van der Waals surface area (Å²) in [6.07, 6.45) is 11.7. The molecule has 1 fully saturated rings. The number of carbonyl (C=O) groups excluding carboxylic acids is 1. The number of carbonyl (C=O) groups is 1. The third kappa shape index (κ3) is 4.94. The fourth-order valence-electron chi connectivity index (χ4n) is 4.46. The highest BCUT2D eigenvalue weighted by atomic mass is 16.5. The van der Waals surface area contributed by atoms with Crippen molar-refractivity contribution in [1.82, 2.24) is 25.0 Å². The van der Waals surface area contributed by atoms with E-state index < -0.39 is 0 Å². The Morgan fingerprint density at radius 1 is 1.24 bits per heavy atom. The summed E-state index contributed by atoms with van der Waals surface area (Å²) in [6.45, 7) is 3.61. The number of nitrogens with zero attached hydrogens (tertiary/aromatic N) is 4. The second-order valence-corrected chi connectivity index (χ2v) is 8.53. The van der Waals surface area contributed by atoms with Crippen molar-refractivity contribution in [2.75, 3.05) is 11.9 Å². The Hall–Kier alpha value is -3.72. The smallest absolute Gasteiger partial charge is 0.291 e. The molecule has 0 spiro atoms. The summed E-state index contributed by atoms with van der Waals surface area (Å²) in [5.74, 6) is 0.968. The number of hydrogen-bond acceptors (Lipinski definition) is 6. The lowest BCUT2D eigenvalue weighted by atomic mass is 9.87. The number of nitrogens with one attached hydrogen (secondary N) is 2. The molecule has 4 aromatic heterocycles. The molecular formula is C25H28N6O3. The summed E-state index contributed by atoms with van der Waals surface area (Å²) in [4.78, 5) is 17.4. The molecule has 4 heterocycles. The van der Waals surface area contributed by atoms with E-state index in [0.717, 1.165) is 44.4 Å². The number of pyridine rings is 1. The van der Waals surface area contributed by atoms with Gasteiger partial charge >= 0.3 is 0 Å².